The zero-order valence-corrected chi connectivity index (χ0v) is 12.3. The summed E-state index contributed by atoms with van der Waals surface area (Å²) in [6, 6.07) is 9.85. The van der Waals surface area contributed by atoms with Crippen molar-refractivity contribution >= 4 is 17.7 Å². The number of carbonyl (C=O) groups excluding carboxylic acids is 2. The molecular weight excluding hydrogens is 282 g/mol. The van der Waals surface area contributed by atoms with Gasteiger partial charge in [-0.25, -0.2) is 4.79 Å². The summed E-state index contributed by atoms with van der Waals surface area (Å²) in [5.41, 5.74) is 1.42. The van der Waals surface area contributed by atoms with E-state index in [-0.39, 0.29) is 17.4 Å². The fourth-order valence-corrected chi connectivity index (χ4v) is 2.65. The molecule has 0 aromatic heterocycles. The Hall–Kier alpha value is -2.55. The molecule has 1 aliphatic carbocycles. The van der Waals surface area contributed by atoms with Crippen molar-refractivity contribution in [2.45, 2.75) is 31.3 Å². The Morgan fingerprint density at radius 3 is 2.68 bits per heavy atom. The lowest BCUT2D eigenvalue weighted by molar-refractivity contribution is -0.119. The van der Waals surface area contributed by atoms with Crippen LogP contribution in [-0.4, -0.2) is 31.2 Å². The van der Waals surface area contributed by atoms with Crippen molar-refractivity contribution in [1.29, 1.82) is 5.26 Å². The molecule has 2 amide bonds. The molecule has 1 unspecified atom stereocenters. The zero-order chi connectivity index (χ0) is 15.7. The maximum Gasteiger partial charge on any atom is 0.414 e. The van der Waals surface area contributed by atoms with E-state index in [0.717, 1.165) is 24.1 Å². The molecule has 1 aliphatic heterocycles. The van der Waals surface area contributed by atoms with E-state index in [4.69, 9.17) is 4.74 Å². The molecule has 22 heavy (non-hydrogen) atoms. The van der Waals surface area contributed by atoms with E-state index in [1.807, 2.05) is 24.3 Å². The largest absolute Gasteiger partial charge is 0.442 e. The summed E-state index contributed by atoms with van der Waals surface area (Å²) in [5, 5.41) is 11.8. The minimum Gasteiger partial charge on any atom is -0.442 e. The van der Waals surface area contributed by atoms with Crippen molar-refractivity contribution in [3.05, 3.63) is 29.8 Å². The molecular formula is C16H17N3O3. The number of nitrogens with one attached hydrogen (secondary N) is 1. The maximum absolute atomic E-state index is 11.9. The average Bonchev–Trinajstić information content (AvgIpc) is 3.23. The second-order valence-corrected chi connectivity index (χ2v) is 5.79. The molecule has 1 saturated heterocycles. The number of nitriles is 1. The van der Waals surface area contributed by atoms with Gasteiger partial charge < -0.3 is 10.1 Å². The summed E-state index contributed by atoms with van der Waals surface area (Å²) >= 11 is 0. The van der Waals surface area contributed by atoms with E-state index in [1.54, 1.807) is 4.90 Å². The lowest BCUT2D eigenvalue weighted by Crippen LogP contribution is -2.33. The van der Waals surface area contributed by atoms with E-state index in [0.29, 0.717) is 13.1 Å². The number of benzene rings is 1. The van der Waals surface area contributed by atoms with Crippen molar-refractivity contribution in [3.8, 4) is 6.07 Å². The van der Waals surface area contributed by atoms with Gasteiger partial charge in [-0.1, -0.05) is 12.1 Å². The Labute approximate surface area is 128 Å². The molecule has 0 radical (unpaired) electrons. The van der Waals surface area contributed by atoms with Gasteiger partial charge in [-0.2, -0.15) is 5.26 Å². The molecule has 1 aromatic rings. The number of anilines is 1. The smallest absolute Gasteiger partial charge is 0.414 e. The topological polar surface area (TPSA) is 82.4 Å². The molecule has 0 bridgehead atoms. The van der Waals surface area contributed by atoms with Crippen LogP contribution in [0.25, 0.3) is 0 Å². The van der Waals surface area contributed by atoms with Gasteiger partial charge in [0.1, 0.15) is 6.10 Å². The Morgan fingerprint density at radius 1 is 1.45 bits per heavy atom. The van der Waals surface area contributed by atoms with Crippen LogP contribution in [0.2, 0.25) is 0 Å². The molecule has 1 saturated carbocycles. The number of ether oxygens (including phenoxy) is 1. The fraction of sp³-hybridized carbons (Fsp3) is 0.438. The van der Waals surface area contributed by atoms with Crippen molar-refractivity contribution < 1.29 is 14.3 Å². The van der Waals surface area contributed by atoms with Crippen LogP contribution in [0.3, 0.4) is 0 Å². The first-order valence-corrected chi connectivity index (χ1v) is 7.28. The first-order chi connectivity index (χ1) is 10.5. The summed E-state index contributed by atoms with van der Waals surface area (Å²) in [4.78, 5) is 24.4. The van der Waals surface area contributed by atoms with Crippen molar-refractivity contribution in [3.63, 3.8) is 0 Å². The SMILES string of the molecule is CC(=O)NCC1CN(c2ccc(C3(C#N)CC3)cc2)C(=O)O1. The van der Waals surface area contributed by atoms with Gasteiger partial charge >= 0.3 is 6.09 Å². The quantitative estimate of drug-likeness (QED) is 0.917. The summed E-state index contributed by atoms with van der Waals surface area (Å²) in [7, 11) is 0. The second kappa shape index (κ2) is 5.34. The Bertz CT molecular complexity index is 644. The highest BCUT2D eigenvalue weighted by Crippen LogP contribution is 2.47. The van der Waals surface area contributed by atoms with Gasteiger partial charge in [0, 0.05) is 12.6 Å². The number of hydrogen-bond acceptors (Lipinski definition) is 4. The molecule has 0 spiro atoms. The normalized spacial score (nSPS) is 21.9. The van der Waals surface area contributed by atoms with Crippen LogP contribution in [0, 0.1) is 11.3 Å². The first kappa shape index (κ1) is 14.4. The van der Waals surface area contributed by atoms with Crippen LogP contribution in [0.4, 0.5) is 10.5 Å². The molecule has 6 nitrogen and oxygen atoms in total. The second-order valence-electron chi connectivity index (χ2n) is 5.79. The molecule has 114 valence electrons. The van der Waals surface area contributed by atoms with E-state index >= 15 is 0 Å². The standard InChI is InChI=1S/C16H17N3O3/c1-11(20)18-8-14-9-19(15(21)22-14)13-4-2-12(3-5-13)16(10-17)6-7-16/h2-5,14H,6-9H2,1H3,(H,18,20). The molecule has 2 aliphatic rings. The minimum absolute atomic E-state index is 0.148. The van der Waals surface area contributed by atoms with Gasteiger partial charge in [0.25, 0.3) is 0 Å². The third-order valence-electron chi connectivity index (χ3n) is 4.15. The van der Waals surface area contributed by atoms with Gasteiger partial charge in [0.05, 0.1) is 24.6 Å². The summed E-state index contributed by atoms with van der Waals surface area (Å²) in [6.07, 6.45) is 1.04. The van der Waals surface area contributed by atoms with Crippen molar-refractivity contribution in [1.82, 2.24) is 5.32 Å². The fourth-order valence-electron chi connectivity index (χ4n) is 2.65. The number of nitrogens with zero attached hydrogens (tertiary/aromatic N) is 2. The van der Waals surface area contributed by atoms with Crippen LogP contribution in [0.15, 0.2) is 24.3 Å². The van der Waals surface area contributed by atoms with E-state index in [9.17, 15) is 14.9 Å². The first-order valence-electron chi connectivity index (χ1n) is 7.28. The molecule has 6 heteroatoms. The number of hydrogen-bond donors (Lipinski definition) is 1. The van der Waals surface area contributed by atoms with Crippen molar-refractivity contribution in [2.75, 3.05) is 18.0 Å². The molecule has 1 N–H and O–H groups in total. The predicted molar refractivity (Wildman–Crippen MR) is 79.3 cm³/mol. The van der Waals surface area contributed by atoms with Crippen LogP contribution in [-0.2, 0) is 14.9 Å². The number of cyclic esters (lactones) is 1. The summed E-state index contributed by atoms with van der Waals surface area (Å²) in [6.45, 7) is 2.14. The van der Waals surface area contributed by atoms with Gasteiger partial charge in [-0.05, 0) is 30.5 Å². The van der Waals surface area contributed by atoms with Crippen LogP contribution < -0.4 is 10.2 Å². The number of amides is 2. The van der Waals surface area contributed by atoms with Crippen LogP contribution in [0.1, 0.15) is 25.3 Å². The van der Waals surface area contributed by atoms with Crippen molar-refractivity contribution in [2.24, 2.45) is 0 Å². The average molecular weight is 299 g/mol. The van der Waals surface area contributed by atoms with Gasteiger partial charge in [0.15, 0.2) is 0 Å². The summed E-state index contributed by atoms with van der Waals surface area (Å²) in [5.74, 6) is -0.148. The monoisotopic (exact) mass is 299 g/mol. The van der Waals surface area contributed by atoms with E-state index in [2.05, 4.69) is 11.4 Å². The molecule has 1 atom stereocenters. The minimum atomic E-state index is -0.412. The highest BCUT2D eigenvalue weighted by Gasteiger charge is 2.44. The highest BCUT2D eigenvalue weighted by molar-refractivity contribution is 5.89. The van der Waals surface area contributed by atoms with Gasteiger partial charge in [-0.15, -0.1) is 0 Å². The van der Waals surface area contributed by atoms with Gasteiger partial charge in [-0.3, -0.25) is 9.69 Å². The Kier molecular flexibility index (Phi) is 3.49. The third kappa shape index (κ3) is 2.62. The highest BCUT2D eigenvalue weighted by atomic mass is 16.6. The maximum atomic E-state index is 11.9. The predicted octanol–water partition coefficient (Wildman–Crippen LogP) is 1.70. The third-order valence-corrected chi connectivity index (χ3v) is 4.15. The van der Waals surface area contributed by atoms with E-state index in [1.165, 1.54) is 6.92 Å². The van der Waals surface area contributed by atoms with Gasteiger partial charge in [0.2, 0.25) is 5.91 Å². The lowest BCUT2D eigenvalue weighted by Gasteiger charge is -2.14. The van der Waals surface area contributed by atoms with Crippen LogP contribution in [0.5, 0.6) is 0 Å². The Morgan fingerprint density at radius 2 is 2.14 bits per heavy atom. The van der Waals surface area contributed by atoms with Crippen LogP contribution >= 0.6 is 0 Å². The Balaban J connectivity index is 1.68. The number of carbonyl (C=O) groups is 2. The molecule has 3 rings (SSSR count). The molecule has 1 heterocycles. The van der Waals surface area contributed by atoms with E-state index < -0.39 is 6.09 Å². The molecule has 1 aromatic carbocycles. The number of rotatable bonds is 4. The summed E-state index contributed by atoms with van der Waals surface area (Å²) < 4.78 is 5.23. The lowest BCUT2D eigenvalue weighted by atomic mass is 9.97. The zero-order valence-electron chi connectivity index (χ0n) is 12.3. The molecule has 2 fully saturated rings.